The zero-order valence-corrected chi connectivity index (χ0v) is 13.3. The van der Waals surface area contributed by atoms with Crippen LogP contribution in [0, 0.1) is 11.3 Å². The Labute approximate surface area is 140 Å². The molecule has 0 amide bonds. The molecule has 0 unspecified atom stereocenters. The number of rotatable bonds is 3. The second-order valence-corrected chi connectivity index (χ2v) is 6.63. The van der Waals surface area contributed by atoms with Crippen LogP contribution in [0.3, 0.4) is 0 Å². The van der Waals surface area contributed by atoms with Crippen LogP contribution in [0.2, 0.25) is 0 Å². The summed E-state index contributed by atoms with van der Waals surface area (Å²) < 4.78 is 71.3. The Morgan fingerprint density at radius 1 is 1.40 bits per heavy atom. The molecule has 0 aromatic carbocycles. The van der Waals surface area contributed by atoms with Crippen molar-refractivity contribution in [1.29, 1.82) is 5.26 Å². The molecule has 0 N–H and O–H groups in total. The van der Waals surface area contributed by atoms with Crippen LogP contribution in [0.4, 0.5) is 13.2 Å². The fourth-order valence-electron chi connectivity index (χ4n) is 2.36. The lowest BCUT2D eigenvalue weighted by atomic mass is 10.0. The summed E-state index contributed by atoms with van der Waals surface area (Å²) in [6.45, 7) is 0.746. The lowest BCUT2D eigenvalue weighted by Gasteiger charge is -2.16. The van der Waals surface area contributed by atoms with E-state index in [2.05, 4.69) is 9.28 Å². The van der Waals surface area contributed by atoms with E-state index in [9.17, 15) is 21.6 Å². The Balaban J connectivity index is 2.19. The van der Waals surface area contributed by atoms with Crippen molar-refractivity contribution in [2.24, 2.45) is 0 Å². The highest BCUT2D eigenvalue weighted by atomic mass is 32.2. The van der Waals surface area contributed by atoms with Gasteiger partial charge in [-0.3, -0.25) is 0 Å². The molecule has 0 spiro atoms. The molecule has 3 rings (SSSR count). The van der Waals surface area contributed by atoms with Crippen LogP contribution in [-0.4, -0.2) is 36.8 Å². The standard InChI is InChI=1S/C14H10F3N3O4S/c15-14(16,17)25(21,22)24-12-5-10(9-1-3-23-4-2-9)8-20-13(12)11(6-18)7-19-20/h1,5,7-8H,2-4H2. The summed E-state index contributed by atoms with van der Waals surface area (Å²) in [5, 5.41) is 12.9. The summed E-state index contributed by atoms with van der Waals surface area (Å²) in [7, 11) is -5.89. The second-order valence-electron chi connectivity index (χ2n) is 5.09. The van der Waals surface area contributed by atoms with Crippen molar-refractivity contribution in [2.45, 2.75) is 11.9 Å². The van der Waals surface area contributed by atoms with Gasteiger partial charge in [0.15, 0.2) is 5.75 Å². The van der Waals surface area contributed by atoms with E-state index in [4.69, 9.17) is 10.00 Å². The number of nitrogens with zero attached hydrogens (tertiary/aromatic N) is 3. The molecule has 0 fully saturated rings. The van der Waals surface area contributed by atoms with Crippen LogP contribution in [0.25, 0.3) is 11.1 Å². The van der Waals surface area contributed by atoms with Gasteiger partial charge in [0.05, 0.1) is 19.4 Å². The molecule has 0 bridgehead atoms. The minimum Gasteiger partial charge on any atom is -0.377 e. The average molecular weight is 373 g/mol. The second kappa shape index (κ2) is 6.05. The monoisotopic (exact) mass is 373 g/mol. The molecule has 2 aromatic rings. The van der Waals surface area contributed by atoms with Crippen LogP contribution in [-0.2, 0) is 14.9 Å². The Hall–Kier alpha value is -2.58. The summed E-state index contributed by atoms with van der Waals surface area (Å²) in [6.07, 6.45) is 4.82. The number of pyridine rings is 1. The molecule has 11 heteroatoms. The van der Waals surface area contributed by atoms with E-state index >= 15 is 0 Å². The van der Waals surface area contributed by atoms with Gasteiger partial charge in [-0.2, -0.15) is 31.9 Å². The minimum atomic E-state index is -5.89. The van der Waals surface area contributed by atoms with Crippen molar-refractivity contribution < 1.29 is 30.5 Å². The lowest BCUT2D eigenvalue weighted by molar-refractivity contribution is -0.0499. The number of alkyl halides is 3. The molecule has 7 nitrogen and oxygen atoms in total. The molecule has 132 valence electrons. The number of halogens is 3. The van der Waals surface area contributed by atoms with Gasteiger partial charge in [0.25, 0.3) is 0 Å². The smallest absolute Gasteiger partial charge is 0.377 e. The Morgan fingerprint density at radius 3 is 2.76 bits per heavy atom. The Bertz CT molecular complexity index is 1000. The fraction of sp³-hybridized carbons (Fsp3) is 0.286. The lowest BCUT2D eigenvalue weighted by Crippen LogP contribution is -2.28. The van der Waals surface area contributed by atoms with E-state index in [0.29, 0.717) is 25.2 Å². The maximum absolute atomic E-state index is 12.7. The topological polar surface area (TPSA) is 93.7 Å². The van der Waals surface area contributed by atoms with Crippen LogP contribution < -0.4 is 4.18 Å². The Kier molecular flexibility index (Phi) is 4.18. The number of ether oxygens (including phenoxy) is 1. The number of aromatic nitrogens is 2. The van der Waals surface area contributed by atoms with Crippen molar-refractivity contribution in [2.75, 3.05) is 13.2 Å². The van der Waals surface area contributed by atoms with Gasteiger partial charge in [0.2, 0.25) is 0 Å². The first-order valence-electron chi connectivity index (χ1n) is 6.92. The Morgan fingerprint density at radius 2 is 2.16 bits per heavy atom. The predicted octanol–water partition coefficient (Wildman–Crippen LogP) is 2.24. The molecule has 2 aromatic heterocycles. The molecule has 1 aliphatic heterocycles. The molecular weight excluding hydrogens is 363 g/mol. The minimum absolute atomic E-state index is 0.111. The molecule has 0 radical (unpaired) electrons. The van der Waals surface area contributed by atoms with E-state index in [1.54, 1.807) is 12.1 Å². The van der Waals surface area contributed by atoms with E-state index in [-0.39, 0.29) is 11.1 Å². The van der Waals surface area contributed by atoms with E-state index in [0.717, 1.165) is 22.4 Å². The normalized spacial score (nSPS) is 15.7. The first kappa shape index (κ1) is 17.2. The molecule has 3 heterocycles. The van der Waals surface area contributed by atoms with Gasteiger partial charge in [-0.05, 0) is 23.6 Å². The summed E-state index contributed by atoms with van der Waals surface area (Å²) in [6, 6.07) is 2.89. The maximum atomic E-state index is 12.7. The van der Waals surface area contributed by atoms with Gasteiger partial charge in [0.1, 0.15) is 17.1 Å². The van der Waals surface area contributed by atoms with Gasteiger partial charge >= 0.3 is 15.6 Å². The summed E-state index contributed by atoms with van der Waals surface area (Å²) in [5.74, 6) is -0.615. The maximum Gasteiger partial charge on any atom is 0.534 e. The predicted molar refractivity (Wildman–Crippen MR) is 78.9 cm³/mol. The van der Waals surface area contributed by atoms with Crippen molar-refractivity contribution in [3.05, 3.63) is 35.7 Å². The summed E-state index contributed by atoms with van der Waals surface area (Å²) >= 11 is 0. The zero-order valence-electron chi connectivity index (χ0n) is 12.4. The van der Waals surface area contributed by atoms with E-state index in [1.807, 2.05) is 0 Å². The molecule has 0 atom stereocenters. The number of nitriles is 1. The van der Waals surface area contributed by atoms with Crippen molar-refractivity contribution in [1.82, 2.24) is 9.61 Å². The van der Waals surface area contributed by atoms with Crippen LogP contribution in [0.1, 0.15) is 17.5 Å². The van der Waals surface area contributed by atoms with Gasteiger partial charge < -0.3 is 8.92 Å². The number of fused-ring (bicyclic) bond motifs is 1. The molecule has 0 aliphatic carbocycles. The average Bonchev–Trinajstić information content (AvgIpc) is 2.97. The van der Waals surface area contributed by atoms with Gasteiger partial charge in [-0.1, -0.05) is 6.08 Å². The zero-order chi connectivity index (χ0) is 18.2. The summed E-state index contributed by atoms with van der Waals surface area (Å²) in [4.78, 5) is 0. The van der Waals surface area contributed by atoms with E-state index in [1.165, 1.54) is 6.20 Å². The van der Waals surface area contributed by atoms with Crippen LogP contribution in [0.5, 0.6) is 5.75 Å². The van der Waals surface area contributed by atoms with Crippen LogP contribution >= 0.6 is 0 Å². The number of hydrogen-bond acceptors (Lipinski definition) is 6. The van der Waals surface area contributed by atoms with Crippen molar-refractivity contribution in [3.63, 3.8) is 0 Å². The largest absolute Gasteiger partial charge is 0.534 e. The van der Waals surface area contributed by atoms with Gasteiger partial charge in [-0.15, -0.1) is 0 Å². The summed E-state index contributed by atoms with van der Waals surface area (Å²) in [5.41, 5.74) is -4.69. The van der Waals surface area contributed by atoms with Gasteiger partial charge in [0, 0.05) is 6.20 Å². The van der Waals surface area contributed by atoms with Crippen LogP contribution in [0.15, 0.2) is 24.5 Å². The highest BCUT2D eigenvalue weighted by Crippen LogP contribution is 2.33. The first-order chi connectivity index (χ1) is 11.7. The molecular formula is C14H10F3N3O4S. The van der Waals surface area contributed by atoms with Crippen molar-refractivity contribution in [3.8, 4) is 11.8 Å². The SMILES string of the molecule is N#Cc1cnn2cc(C3=CCOCC3)cc(OS(=O)(=O)C(F)(F)F)c12. The third kappa shape index (κ3) is 3.18. The fourth-order valence-corrected chi connectivity index (χ4v) is 2.82. The first-order valence-corrected chi connectivity index (χ1v) is 8.33. The molecule has 25 heavy (non-hydrogen) atoms. The number of hydrogen-bond donors (Lipinski definition) is 0. The molecule has 0 saturated heterocycles. The molecule has 1 aliphatic rings. The third-order valence-electron chi connectivity index (χ3n) is 3.51. The van der Waals surface area contributed by atoms with Crippen molar-refractivity contribution >= 4 is 21.2 Å². The highest BCUT2D eigenvalue weighted by molar-refractivity contribution is 7.88. The third-order valence-corrected chi connectivity index (χ3v) is 4.48. The quantitative estimate of drug-likeness (QED) is 0.605. The van der Waals surface area contributed by atoms with Gasteiger partial charge in [-0.25, -0.2) is 4.52 Å². The molecule has 0 saturated carbocycles. The van der Waals surface area contributed by atoms with E-state index < -0.39 is 21.4 Å². The highest BCUT2D eigenvalue weighted by Gasteiger charge is 2.49.